The summed E-state index contributed by atoms with van der Waals surface area (Å²) in [5.74, 6) is -0.622. The highest BCUT2D eigenvalue weighted by Crippen LogP contribution is 2.34. The van der Waals surface area contributed by atoms with Crippen molar-refractivity contribution < 1.29 is 19.7 Å². The van der Waals surface area contributed by atoms with Crippen molar-refractivity contribution in [1.29, 1.82) is 0 Å². The van der Waals surface area contributed by atoms with Gasteiger partial charge in [-0.05, 0) is 6.92 Å². The number of nitrogens with zero attached hydrogens (tertiary/aromatic N) is 1. The molecule has 6 nitrogen and oxygen atoms in total. The van der Waals surface area contributed by atoms with Crippen LogP contribution in [-0.2, 0) is 4.74 Å². The predicted octanol–water partition coefficient (Wildman–Crippen LogP) is -0.576. The van der Waals surface area contributed by atoms with Crippen LogP contribution in [0.15, 0.2) is 5.38 Å². The Balaban J connectivity index is 2.21. The fourth-order valence-corrected chi connectivity index (χ4v) is 2.47. The van der Waals surface area contributed by atoms with Gasteiger partial charge in [0.1, 0.15) is 29.0 Å². The minimum Gasteiger partial charge on any atom is -0.388 e. The van der Waals surface area contributed by atoms with Crippen LogP contribution in [0.25, 0.3) is 0 Å². The van der Waals surface area contributed by atoms with Crippen LogP contribution in [0.1, 0.15) is 28.5 Å². The minimum absolute atomic E-state index is 0.143. The molecule has 1 aromatic rings. The molecule has 2 rings (SSSR count). The maximum Gasteiger partial charge on any atom is 0.268 e. The monoisotopic (exact) mass is 244 g/mol. The van der Waals surface area contributed by atoms with Crippen molar-refractivity contribution in [2.75, 3.05) is 0 Å². The van der Waals surface area contributed by atoms with Gasteiger partial charge in [-0.15, -0.1) is 11.3 Å². The molecule has 1 aliphatic rings. The normalized spacial score (nSPS) is 34.2. The lowest BCUT2D eigenvalue weighted by Crippen LogP contribution is -2.28. The number of aromatic nitrogens is 1. The van der Waals surface area contributed by atoms with Gasteiger partial charge in [0.05, 0.1) is 6.10 Å². The molecule has 2 heterocycles. The molecule has 1 aromatic heterocycles. The number of amides is 1. The Hall–Kier alpha value is -1.02. The van der Waals surface area contributed by atoms with Gasteiger partial charge in [0, 0.05) is 5.38 Å². The quantitative estimate of drug-likeness (QED) is 0.645. The summed E-state index contributed by atoms with van der Waals surface area (Å²) < 4.78 is 5.36. The molecule has 1 fully saturated rings. The lowest BCUT2D eigenvalue weighted by atomic mass is 10.1. The van der Waals surface area contributed by atoms with Crippen LogP contribution >= 0.6 is 11.3 Å². The number of ether oxygens (including phenoxy) is 1. The summed E-state index contributed by atoms with van der Waals surface area (Å²) in [6, 6.07) is 0. The average molecular weight is 244 g/mol. The smallest absolute Gasteiger partial charge is 0.268 e. The van der Waals surface area contributed by atoms with Gasteiger partial charge in [-0.3, -0.25) is 4.79 Å². The number of rotatable bonds is 2. The first kappa shape index (κ1) is 11.5. The molecule has 1 amide bonds. The van der Waals surface area contributed by atoms with Gasteiger partial charge < -0.3 is 20.7 Å². The van der Waals surface area contributed by atoms with Crippen molar-refractivity contribution in [3.05, 3.63) is 16.1 Å². The molecular formula is C9H12N2O4S. The zero-order chi connectivity index (χ0) is 11.9. The van der Waals surface area contributed by atoms with E-state index in [9.17, 15) is 15.0 Å². The van der Waals surface area contributed by atoms with Gasteiger partial charge in [-0.2, -0.15) is 0 Å². The Morgan fingerprint density at radius 2 is 2.25 bits per heavy atom. The maximum atomic E-state index is 10.9. The van der Waals surface area contributed by atoms with Gasteiger partial charge in [-0.1, -0.05) is 0 Å². The molecule has 0 radical (unpaired) electrons. The third-order valence-corrected chi connectivity index (χ3v) is 3.43. The van der Waals surface area contributed by atoms with Crippen molar-refractivity contribution >= 4 is 17.2 Å². The Labute approximate surface area is 95.7 Å². The highest BCUT2D eigenvalue weighted by molar-refractivity contribution is 7.09. The number of carbonyl (C=O) groups is 1. The van der Waals surface area contributed by atoms with Gasteiger partial charge in [-0.25, -0.2) is 4.98 Å². The molecule has 4 unspecified atom stereocenters. The molecule has 0 saturated carbocycles. The number of carbonyl (C=O) groups excluding carboxylic acids is 1. The van der Waals surface area contributed by atoms with Crippen LogP contribution in [0, 0.1) is 0 Å². The van der Waals surface area contributed by atoms with Crippen LogP contribution in [-0.4, -0.2) is 39.4 Å². The highest BCUT2D eigenvalue weighted by Gasteiger charge is 2.42. The van der Waals surface area contributed by atoms with Gasteiger partial charge in [0.15, 0.2) is 0 Å². The summed E-state index contributed by atoms with van der Waals surface area (Å²) in [7, 11) is 0. The summed E-state index contributed by atoms with van der Waals surface area (Å²) in [6.07, 6.45) is -3.11. The van der Waals surface area contributed by atoms with Crippen LogP contribution in [0.3, 0.4) is 0 Å². The topological polar surface area (TPSA) is 106 Å². The molecule has 88 valence electrons. The summed E-state index contributed by atoms with van der Waals surface area (Å²) >= 11 is 1.17. The maximum absolute atomic E-state index is 10.9. The second-order valence-corrected chi connectivity index (χ2v) is 4.57. The van der Waals surface area contributed by atoms with Crippen LogP contribution in [0.2, 0.25) is 0 Å². The molecule has 4 N–H and O–H groups in total. The van der Waals surface area contributed by atoms with Crippen molar-refractivity contribution in [2.24, 2.45) is 5.73 Å². The Bertz CT molecular complexity index is 408. The highest BCUT2D eigenvalue weighted by atomic mass is 32.1. The van der Waals surface area contributed by atoms with E-state index in [1.807, 2.05) is 0 Å². The van der Waals surface area contributed by atoms with Gasteiger partial charge >= 0.3 is 0 Å². The van der Waals surface area contributed by atoms with E-state index in [1.54, 1.807) is 6.92 Å². The minimum atomic E-state index is -1.03. The number of aliphatic hydroxyl groups excluding tert-OH is 2. The number of hydrogen-bond acceptors (Lipinski definition) is 6. The third-order valence-electron chi connectivity index (χ3n) is 2.52. The molecule has 1 aliphatic heterocycles. The number of aliphatic hydroxyl groups is 2. The first-order valence-electron chi connectivity index (χ1n) is 4.77. The molecule has 0 aliphatic carbocycles. The molecule has 16 heavy (non-hydrogen) atoms. The van der Waals surface area contributed by atoms with Crippen molar-refractivity contribution in [3.63, 3.8) is 0 Å². The number of nitrogens with two attached hydrogens (primary N) is 1. The fourth-order valence-electron chi connectivity index (χ4n) is 1.58. The second-order valence-electron chi connectivity index (χ2n) is 3.68. The second kappa shape index (κ2) is 4.10. The van der Waals surface area contributed by atoms with Crippen molar-refractivity contribution in [1.82, 2.24) is 4.98 Å². The zero-order valence-electron chi connectivity index (χ0n) is 8.53. The van der Waals surface area contributed by atoms with E-state index in [0.29, 0.717) is 5.01 Å². The molecule has 0 bridgehead atoms. The van der Waals surface area contributed by atoms with Crippen molar-refractivity contribution in [3.8, 4) is 0 Å². The first-order valence-corrected chi connectivity index (χ1v) is 5.65. The number of thiazole rings is 1. The van der Waals surface area contributed by atoms with E-state index in [0.717, 1.165) is 0 Å². The number of primary amides is 1. The summed E-state index contributed by atoms with van der Waals surface area (Å²) in [6.45, 7) is 1.66. The van der Waals surface area contributed by atoms with E-state index >= 15 is 0 Å². The van der Waals surface area contributed by atoms with E-state index in [2.05, 4.69) is 4.98 Å². The zero-order valence-corrected chi connectivity index (χ0v) is 9.35. The largest absolute Gasteiger partial charge is 0.388 e. The average Bonchev–Trinajstić information content (AvgIpc) is 2.79. The van der Waals surface area contributed by atoms with E-state index in [1.165, 1.54) is 16.7 Å². The Kier molecular flexibility index (Phi) is 2.94. The van der Waals surface area contributed by atoms with Crippen LogP contribution < -0.4 is 5.73 Å². The van der Waals surface area contributed by atoms with E-state index in [-0.39, 0.29) is 5.69 Å². The van der Waals surface area contributed by atoms with Crippen LogP contribution in [0.4, 0.5) is 0 Å². The lowest BCUT2D eigenvalue weighted by molar-refractivity contribution is 0.0149. The van der Waals surface area contributed by atoms with E-state index < -0.39 is 30.3 Å². The first-order chi connectivity index (χ1) is 7.50. The molecule has 7 heteroatoms. The van der Waals surface area contributed by atoms with Gasteiger partial charge in [0.2, 0.25) is 0 Å². The summed E-state index contributed by atoms with van der Waals surface area (Å²) in [5.41, 5.74) is 5.21. The SMILES string of the molecule is CC1OC(c2nc(C(N)=O)cs2)C(O)C1O. The van der Waals surface area contributed by atoms with Gasteiger partial charge in [0.25, 0.3) is 5.91 Å². The molecule has 1 saturated heterocycles. The molecular weight excluding hydrogens is 232 g/mol. The fraction of sp³-hybridized carbons (Fsp3) is 0.556. The molecule has 0 spiro atoms. The molecule has 4 atom stereocenters. The Morgan fingerprint density at radius 3 is 2.69 bits per heavy atom. The van der Waals surface area contributed by atoms with Crippen molar-refractivity contribution in [2.45, 2.75) is 31.3 Å². The number of hydrogen-bond donors (Lipinski definition) is 3. The standard InChI is InChI=1S/C9H12N2O4S/c1-3-5(12)6(13)7(15-3)9-11-4(2-16-9)8(10)14/h2-3,5-7,12-13H,1H3,(H2,10,14). The summed E-state index contributed by atoms with van der Waals surface area (Å²) in [4.78, 5) is 14.8. The third kappa shape index (κ3) is 1.82. The van der Waals surface area contributed by atoms with Crippen LogP contribution in [0.5, 0.6) is 0 Å². The Morgan fingerprint density at radius 1 is 1.56 bits per heavy atom. The lowest BCUT2D eigenvalue weighted by Gasteiger charge is -2.11. The summed E-state index contributed by atoms with van der Waals surface area (Å²) in [5, 5.41) is 21.2. The molecule has 0 aromatic carbocycles. The predicted molar refractivity (Wildman–Crippen MR) is 55.9 cm³/mol. The van der Waals surface area contributed by atoms with E-state index in [4.69, 9.17) is 10.5 Å².